The molecule has 1 amide bonds. The number of hydrogen-bond acceptors (Lipinski definition) is 5. The molecule has 0 spiro atoms. The minimum absolute atomic E-state index is 0.241. The highest BCUT2D eigenvalue weighted by molar-refractivity contribution is 7.12. The number of carbonyl (C=O) groups excluding carboxylic acids is 3. The molecule has 0 aliphatic heterocycles. The molecule has 0 aliphatic carbocycles. The topological polar surface area (TPSA) is 72.5 Å². The smallest absolute Gasteiger partial charge is 0.325 e. The average Bonchev–Trinajstić information content (AvgIpc) is 2.88. The van der Waals surface area contributed by atoms with Crippen molar-refractivity contribution >= 4 is 29.0 Å². The van der Waals surface area contributed by atoms with E-state index in [4.69, 9.17) is 4.74 Å². The Morgan fingerprint density at radius 2 is 1.88 bits per heavy atom. The molecule has 0 aliphatic rings. The van der Waals surface area contributed by atoms with Crippen molar-refractivity contribution in [3.05, 3.63) is 56.8 Å². The second-order valence-electron chi connectivity index (χ2n) is 5.46. The summed E-state index contributed by atoms with van der Waals surface area (Å²) in [6, 6.07) is 8.83. The molecule has 2 aromatic rings. The maximum absolute atomic E-state index is 12.0. The fraction of sp³-hybridized carbons (Fsp3) is 0.278. The lowest BCUT2D eigenvalue weighted by Gasteiger charge is -2.06. The highest BCUT2D eigenvalue weighted by Crippen LogP contribution is 2.20. The van der Waals surface area contributed by atoms with Crippen LogP contribution in [0.3, 0.4) is 0 Å². The van der Waals surface area contributed by atoms with Gasteiger partial charge in [-0.15, -0.1) is 11.3 Å². The summed E-state index contributed by atoms with van der Waals surface area (Å²) in [5, 5.41) is 2.48. The molecule has 126 valence electrons. The van der Waals surface area contributed by atoms with Gasteiger partial charge >= 0.3 is 5.97 Å². The summed E-state index contributed by atoms with van der Waals surface area (Å²) in [5.74, 6) is -1.24. The SMILES string of the molecule is Cc1cccc(C(=O)NCC(=O)OCC(=O)c2cc(C)sc2C)c1. The van der Waals surface area contributed by atoms with Gasteiger partial charge in [0.05, 0.1) is 0 Å². The van der Waals surface area contributed by atoms with Gasteiger partial charge in [-0.25, -0.2) is 0 Å². The Balaban J connectivity index is 1.80. The van der Waals surface area contributed by atoms with E-state index in [1.54, 1.807) is 24.3 Å². The molecule has 0 fully saturated rings. The van der Waals surface area contributed by atoms with E-state index in [0.29, 0.717) is 11.1 Å². The van der Waals surface area contributed by atoms with Crippen molar-refractivity contribution in [1.29, 1.82) is 0 Å². The summed E-state index contributed by atoms with van der Waals surface area (Å²) in [5.41, 5.74) is 2.01. The number of aryl methyl sites for hydroxylation is 3. The van der Waals surface area contributed by atoms with Gasteiger partial charge in [0, 0.05) is 20.9 Å². The number of hydrogen-bond donors (Lipinski definition) is 1. The lowest BCUT2D eigenvalue weighted by atomic mass is 10.1. The summed E-state index contributed by atoms with van der Waals surface area (Å²) in [4.78, 5) is 37.6. The van der Waals surface area contributed by atoms with Crippen molar-refractivity contribution in [2.75, 3.05) is 13.2 Å². The third kappa shape index (κ3) is 4.76. The van der Waals surface area contributed by atoms with Crippen molar-refractivity contribution in [3.8, 4) is 0 Å². The quantitative estimate of drug-likeness (QED) is 0.645. The number of ketones is 1. The number of benzene rings is 1. The minimum Gasteiger partial charge on any atom is -0.456 e. The molecule has 0 saturated heterocycles. The Kier molecular flexibility index (Phi) is 5.87. The molecule has 0 atom stereocenters. The number of ether oxygens (including phenoxy) is 1. The zero-order chi connectivity index (χ0) is 17.7. The van der Waals surface area contributed by atoms with Gasteiger partial charge in [-0.05, 0) is 39.0 Å². The van der Waals surface area contributed by atoms with E-state index < -0.39 is 5.97 Å². The van der Waals surface area contributed by atoms with Gasteiger partial charge in [-0.3, -0.25) is 14.4 Å². The van der Waals surface area contributed by atoms with Crippen molar-refractivity contribution in [2.24, 2.45) is 0 Å². The zero-order valence-corrected chi connectivity index (χ0v) is 14.7. The van der Waals surface area contributed by atoms with Crippen LogP contribution < -0.4 is 5.32 Å². The Bertz CT molecular complexity index is 779. The van der Waals surface area contributed by atoms with Crippen LogP contribution in [0, 0.1) is 20.8 Å². The van der Waals surface area contributed by atoms with Gasteiger partial charge in [0.25, 0.3) is 5.91 Å². The van der Waals surface area contributed by atoms with Gasteiger partial charge in [0.15, 0.2) is 6.61 Å². The third-order valence-electron chi connectivity index (χ3n) is 3.38. The van der Waals surface area contributed by atoms with Crippen LogP contribution in [0.15, 0.2) is 30.3 Å². The molecule has 1 N–H and O–H groups in total. The van der Waals surface area contributed by atoms with Gasteiger partial charge in [0.2, 0.25) is 5.78 Å². The van der Waals surface area contributed by atoms with Crippen LogP contribution in [-0.2, 0) is 9.53 Å². The van der Waals surface area contributed by atoms with Crippen LogP contribution in [0.5, 0.6) is 0 Å². The van der Waals surface area contributed by atoms with Crippen molar-refractivity contribution in [2.45, 2.75) is 20.8 Å². The average molecular weight is 345 g/mol. The molecule has 2 rings (SSSR count). The molecule has 24 heavy (non-hydrogen) atoms. The maximum Gasteiger partial charge on any atom is 0.325 e. The Labute approximate surface area is 144 Å². The Morgan fingerprint density at radius 3 is 2.50 bits per heavy atom. The Morgan fingerprint density at radius 1 is 1.12 bits per heavy atom. The number of Topliss-reactive ketones (excluding diaryl/α,β-unsaturated/α-hetero) is 1. The van der Waals surface area contributed by atoms with E-state index in [1.165, 1.54) is 11.3 Å². The summed E-state index contributed by atoms with van der Waals surface area (Å²) in [6.45, 7) is 5.05. The first-order chi connectivity index (χ1) is 11.4. The zero-order valence-electron chi connectivity index (χ0n) is 13.8. The molecule has 1 aromatic carbocycles. The van der Waals surface area contributed by atoms with E-state index in [9.17, 15) is 14.4 Å². The van der Waals surface area contributed by atoms with Crippen molar-refractivity contribution in [1.82, 2.24) is 5.32 Å². The molecule has 6 heteroatoms. The molecule has 1 aromatic heterocycles. The fourth-order valence-corrected chi connectivity index (χ4v) is 3.17. The second kappa shape index (κ2) is 7.88. The van der Waals surface area contributed by atoms with Crippen LogP contribution in [0.4, 0.5) is 0 Å². The largest absolute Gasteiger partial charge is 0.456 e. The number of carbonyl (C=O) groups is 3. The first-order valence-electron chi connectivity index (χ1n) is 7.47. The van der Waals surface area contributed by atoms with Crippen LogP contribution in [0.25, 0.3) is 0 Å². The highest BCUT2D eigenvalue weighted by Gasteiger charge is 2.15. The number of thiophene rings is 1. The Hall–Kier alpha value is -2.47. The molecule has 0 bridgehead atoms. The van der Waals surface area contributed by atoms with E-state index in [-0.39, 0.29) is 24.8 Å². The monoisotopic (exact) mass is 345 g/mol. The number of rotatable bonds is 6. The molecule has 1 heterocycles. The van der Waals surface area contributed by atoms with Crippen LogP contribution in [0.1, 0.15) is 36.0 Å². The van der Waals surface area contributed by atoms with E-state index in [1.807, 2.05) is 26.8 Å². The summed E-state index contributed by atoms with van der Waals surface area (Å²) < 4.78 is 4.93. The van der Waals surface area contributed by atoms with Gasteiger partial charge < -0.3 is 10.1 Å². The van der Waals surface area contributed by atoms with E-state index in [0.717, 1.165) is 15.3 Å². The summed E-state index contributed by atoms with van der Waals surface area (Å²) >= 11 is 1.53. The van der Waals surface area contributed by atoms with Crippen molar-refractivity contribution in [3.63, 3.8) is 0 Å². The molecule has 0 radical (unpaired) electrons. The fourth-order valence-electron chi connectivity index (χ4n) is 2.22. The lowest BCUT2D eigenvalue weighted by Crippen LogP contribution is -2.31. The minimum atomic E-state index is -0.644. The third-order valence-corrected chi connectivity index (χ3v) is 4.35. The normalized spacial score (nSPS) is 10.3. The molecule has 5 nitrogen and oxygen atoms in total. The van der Waals surface area contributed by atoms with Gasteiger partial charge in [-0.1, -0.05) is 17.7 Å². The standard InChI is InChI=1S/C18H19NO4S/c1-11-5-4-6-14(7-11)18(22)19-9-17(21)23-10-16(20)15-8-12(2)24-13(15)3/h4-8H,9-10H2,1-3H3,(H,19,22). The summed E-state index contributed by atoms with van der Waals surface area (Å²) in [7, 11) is 0. The first kappa shape index (κ1) is 17.9. The predicted molar refractivity (Wildman–Crippen MR) is 92.6 cm³/mol. The molecular formula is C18H19NO4S. The lowest BCUT2D eigenvalue weighted by molar-refractivity contribution is -0.141. The van der Waals surface area contributed by atoms with Gasteiger partial charge in [-0.2, -0.15) is 0 Å². The maximum atomic E-state index is 12.0. The highest BCUT2D eigenvalue weighted by atomic mass is 32.1. The molecular weight excluding hydrogens is 326 g/mol. The number of amides is 1. The second-order valence-corrected chi connectivity index (χ2v) is 6.92. The molecule has 0 saturated carbocycles. The van der Waals surface area contributed by atoms with Crippen LogP contribution >= 0.6 is 11.3 Å². The predicted octanol–water partition coefficient (Wildman–Crippen LogP) is 2.83. The first-order valence-corrected chi connectivity index (χ1v) is 8.29. The van der Waals surface area contributed by atoms with Crippen LogP contribution in [-0.4, -0.2) is 30.8 Å². The number of nitrogens with one attached hydrogen (secondary N) is 1. The van der Waals surface area contributed by atoms with Crippen LogP contribution in [0.2, 0.25) is 0 Å². The molecule has 0 unspecified atom stereocenters. The number of esters is 1. The van der Waals surface area contributed by atoms with Crippen molar-refractivity contribution < 1.29 is 19.1 Å². The van der Waals surface area contributed by atoms with Gasteiger partial charge in [0.1, 0.15) is 6.54 Å². The summed E-state index contributed by atoms with van der Waals surface area (Å²) in [6.07, 6.45) is 0. The van der Waals surface area contributed by atoms with E-state index >= 15 is 0 Å². The van der Waals surface area contributed by atoms with E-state index in [2.05, 4.69) is 5.32 Å².